The van der Waals surface area contributed by atoms with E-state index in [1.807, 2.05) is 11.8 Å². The van der Waals surface area contributed by atoms with Gasteiger partial charge in [0.25, 0.3) is 0 Å². The van der Waals surface area contributed by atoms with E-state index in [-0.39, 0.29) is 12.0 Å². The highest BCUT2D eigenvalue weighted by Crippen LogP contribution is 2.21. The molecule has 0 bridgehead atoms. The van der Waals surface area contributed by atoms with Crippen LogP contribution in [0.15, 0.2) is 15.9 Å². The number of halogens is 1. The number of carbonyl (C=O) groups excluding carboxylic acids is 1. The molecule has 94 valence electrons. The van der Waals surface area contributed by atoms with E-state index in [0.29, 0.717) is 13.0 Å². The van der Waals surface area contributed by atoms with Crippen LogP contribution in [-0.4, -0.2) is 36.6 Å². The Kier molecular flexibility index (Phi) is 4.59. The van der Waals surface area contributed by atoms with Crippen molar-refractivity contribution in [2.24, 2.45) is 0 Å². The van der Waals surface area contributed by atoms with Gasteiger partial charge in [0.05, 0.1) is 12.7 Å². The Morgan fingerprint density at radius 1 is 1.71 bits per heavy atom. The minimum absolute atomic E-state index is 0.170. The monoisotopic (exact) mass is 317 g/mol. The Morgan fingerprint density at radius 2 is 2.53 bits per heavy atom. The summed E-state index contributed by atoms with van der Waals surface area (Å²) in [5.41, 5.74) is 0. The summed E-state index contributed by atoms with van der Waals surface area (Å²) >= 11 is 5.12. The van der Waals surface area contributed by atoms with Gasteiger partial charge >= 0.3 is 0 Å². The van der Waals surface area contributed by atoms with E-state index < -0.39 is 0 Å². The number of morpholine rings is 1. The number of rotatable bonds is 3. The molecule has 1 saturated heterocycles. The van der Waals surface area contributed by atoms with Crippen molar-refractivity contribution in [3.05, 3.63) is 20.8 Å². The molecular formula is C12H16BrNO2S. The van der Waals surface area contributed by atoms with Gasteiger partial charge in [-0.1, -0.05) is 0 Å². The van der Waals surface area contributed by atoms with Gasteiger partial charge in [-0.3, -0.25) is 4.79 Å². The van der Waals surface area contributed by atoms with E-state index in [9.17, 15) is 4.79 Å². The second-order valence-corrected chi connectivity index (χ2v) is 6.16. The third-order valence-electron chi connectivity index (χ3n) is 2.80. The smallest absolute Gasteiger partial charge is 0.223 e. The Morgan fingerprint density at radius 3 is 3.18 bits per heavy atom. The van der Waals surface area contributed by atoms with Crippen molar-refractivity contribution in [1.82, 2.24) is 4.90 Å². The molecule has 0 spiro atoms. The third kappa shape index (κ3) is 3.79. The lowest BCUT2D eigenvalue weighted by Crippen LogP contribution is -2.44. The third-order valence-corrected chi connectivity index (χ3v) is 4.56. The van der Waals surface area contributed by atoms with Crippen LogP contribution in [0.2, 0.25) is 0 Å². The fraction of sp³-hybridized carbons (Fsp3) is 0.583. The van der Waals surface area contributed by atoms with Crippen molar-refractivity contribution in [3.63, 3.8) is 0 Å². The number of hydrogen-bond acceptors (Lipinski definition) is 3. The molecule has 3 nitrogen and oxygen atoms in total. The quantitative estimate of drug-likeness (QED) is 0.857. The first-order chi connectivity index (χ1) is 8.15. The van der Waals surface area contributed by atoms with Gasteiger partial charge in [-0.25, -0.2) is 0 Å². The molecule has 1 amide bonds. The summed E-state index contributed by atoms with van der Waals surface area (Å²) in [6.07, 6.45) is 1.60. The van der Waals surface area contributed by atoms with Gasteiger partial charge < -0.3 is 9.64 Å². The van der Waals surface area contributed by atoms with Crippen molar-refractivity contribution >= 4 is 33.2 Å². The van der Waals surface area contributed by atoms with Crippen LogP contribution in [0.1, 0.15) is 18.2 Å². The molecule has 1 aromatic rings. The second-order valence-electron chi connectivity index (χ2n) is 4.25. The molecule has 1 aliphatic rings. The number of ether oxygens (including phenoxy) is 1. The zero-order chi connectivity index (χ0) is 12.3. The number of hydrogen-bond donors (Lipinski definition) is 0. The molecule has 0 radical (unpaired) electrons. The maximum atomic E-state index is 12.0. The van der Waals surface area contributed by atoms with Gasteiger partial charge in [0.15, 0.2) is 0 Å². The summed E-state index contributed by atoms with van der Waals surface area (Å²) in [4.78, 5) is 15.2. The number of nitrogens with zero attached hydrogens (tertiary/aromatic N) is 1. The molecule has 0 unspecified atom stereocenters. The minimum atomic E-state index is 0.170. The highest BCUT2D eigenvalue weighted by Gasteiger charge is 2.20. The minimum Gasteiger partial charge on any atom is -0.375 e. The molecule has 2 rings (SSSR count). The number of carbonyl (C=O) groups is 1. The van der Waals surface area contributed by atoms with Gasteiger partial charge in [0, 0.05) is 34.2 Å². The topological polar surface area (TPSA) is 29.5 Å². The molecule has 1 aliphatic heterocycles. The fourth-order valence-electron chi connectivity index (χ4n) is 1.92. The van der Waals surface area contributed by atoms with E-state index in [1.54, 1.807) is 11.3 Å². The van der Waals surface area contributed by atoms with Crippen LogP contribution in [-0.2, 0) is 16.0 Å². The molecule has 0 aromatic carbocycles. The van der Waals surface area contributed by atoms with Crippen LogP contribution in [0.4, 0.5) is 0 Å². The molecule has 1 atom stereocenters. The summed E-state index contributed by atoms with van der Waals surface area (Å²) in [5.74, 6) is 0.240. The van der Waals surface area contributed by atoms with Crippen LogP contribution in [0.5, 0.6) is 0 Å². The number of amides is 1. The number of thiophene rings is 1. The average molecular weight is 318 g/mol. The van der Waals surface area contributed by atoms with Gasteiger partial charge in [0.2, 0.25) is 5.91 Å². The maximum absolute atomic E-state index is 12.0. The summed E-state index contributed by atoms with van der Waals surface area (Å²) in [5, 5.41) is 2.05. The van der Waals surface area contributed by atoms with Crippen molar-refractivity contribution in [2.75, 3.05) is 19.7 Å². The van der Waals surface area contributed by atoms with Crippen molar-refractivity contribution in [1.29, 1.82) is 0 Å². The van der Waals surface area contributed by atoms with Crippen molar-refractivity contribution < 1.29 is 9.53 Å². The molecule has 0 aliphatic carbocycles. The predicted molar refractivity (Wildman–Crippen MR) is 72.3 cm³/mol. The summed E-state index contributed by atoms with van der Waals surface area (Å²) in [7, 11) is 0. The molecule has 17 heavy (non-hydrogen) atoms. The van der Waals surface area contributed by atoms with E-state index in [2.05, 4.69) is 27.4 Å². The van der Waals surface area contributed by atoms with E-state index in [1.165, 1.54) is 4.88 Å². The van der Waals surface area contributed by atoms with Gasteiger partial charge in [-0.2, -0.15) is 0 Å². The van der Waals surface area contributed by atoms with Crippen LogP contribution < -0.4 is 0 Å². The van der Waals surface area contributed by atoms with E-state index >= 15 is 0 Å². The predicted octanol–water partition coefficient (Wildman–Crippen LogP) is 2.69. The summed E-state index contributed by atoms with van der Waals surface area (Å²) < 4.78 is 6.53. The molecular weight excluding hydrogens is 302 g/mol. The van der Waals surface area contributed by atoms with Crippen molar-refractivity contribution in [3.8, 4) is 0 Å². The van der Waals surface area contributed by atoms with Crippen LogP contribution in [0, 0.1) is 0 Å². The summed E-state index contributed by atoms with van der Waals surface area (Å²) in [6.45, 7) is 4.14. The Bertz CT molecular complexity index is 394. The van der Waals surface area contributed by atoms with E-state index in [4.69, 9.17) is 4.74 Å². The number of aryl methyl sites for hydroxylation is 1. The fourth-order valence-corrected chi connectivity index (χ4v) is 3.37. The maximum Gasteiger partial charge on any atom is 0.223 e. The zero-order valence-electron chi connectivity index (χ0n) is 9.82. The van der Waals surface area contributed by atoms with Crippen molar-refractivity contribution in [2.45, 2.75) is 25.9 Å². The Hall–Kier alpha value is -0.390. The van der Waals surface area contributed by atoms with E-state index in [0.717, 1.165) is 24.0 Å². The zero-order valence-corrected chi connectivity index (χ0v) is 12.2. The Labute approximate surface area is 114 Å². The first-order valence-electron chi connectivity index (χ1n) is 5.77. The molecule has 5 heteroatoms. The highest BCUT2D eigenvalue weighted by atomic mass is 79.9. The first kappa shape index (κ1) is 13.1. The average Bonchev–Trinajstić information content (AvgIpc) is 2.72. The Balaban J connectivity index is 1.80. The second kappa shape index (κ2) is 5.98. The van der Waals surface area contributed by atoms with Crippen LogP contribution in [0.3, 0.4) is 0 Å². The SMILES string of the molecule is C[C@@H]1CN(C(=O)CCc2cc(Br)cs2)CCO1. The molecule has 1 aromatic heterocycles. The van der Waals surface area contributed by atoms with Gasteiger partial charge in [-0.05, 0) is 35.3 Å². The highest BCUT2D eigenvalue weighted by molar-refractivity contribution is 9.10. The lowest BCUT2D eigenvalue weighted by atomic mass is 10.2. The standard InChI is InChI=1S/C12H16BrNO2S/c1-9-7-14(4-5-16-9)12(15)3-2-11-6-10(13)8-17-11/h6,8-9H,2-5,7H2,1H3/t9-/m1/s1. The van der Waals surface area contributed by atoms with Crippen LogP contribution in [0.25, 0.3) is 0 Å². The molecule has 0 saturated carbocycles. The largest absolute Gasteiger partial charge is 0.375 e. The summed E-state index contributed by atoms with van der Waals surface area (Å²) in [6, 6.07) is 2.08. The van der Waals surface area contributed by atoms with Crippen LogP contribution >= 0.6 is 27.3 Å². The van der Waals surface area contributed by atoms with Gasteiger partial charge in [0.1, 0.15) is 0 Å². The molecule has 2 heterocycles. The molecule has 0 N–H and O–H groups in total. The lowest BCUT2D eigenvalue weighted by Gasteiger charge is -2.31. The molecule has 1 fully saturated rings. The normalized spacial score (nSPS) is 20.6. The van der Waals surface area contributed by atoms with Gasteiger partial charge in [-0.15, -0.1) is 11.3 Å². The lowest BCUT2D eigenvalue weighted by molar-refractivity contribution is -0.138. The first-order valence-corrected chi connectivity index (χ1v) is 7.44.